The molecule has 5 heterocycles. The first-order chi connectivity index (χ1) is 24.6. The molecule has 2 bridgehead atoms. The van der Waals surface area contributed by atoms with E-state index >= 15 is 4.39 Å². The molecule has 0 fully saturated rings. The molecule has 1 aromatic carbocycles. The van der Waals surface area contributed by atoms with Crippen molar-refractivity contribution >= 4 is 29.2 Å². The topological polar surface area (TPSA) is 186 Å². The zero-order valence-electron chi connectivity index (χ0n) is 26.4. The predicted octanol–water partition coefficient (Wildman–Crippen LogP) is 5.79. The van der Waals surface area contributed by atoms with Crippen molar-refractivity contribution < 1.29 is 41.0 Å². The predicted molar refractivity (Wildman–Crippen MR) is 169 cm³/mol. The number of alkyl halides is 5. The van der Waals surface area contributed by atoms with E-state index in [0.29, 0.717) is 35.2 Å². The summed E-state index contributed by atoms with van der Waals surface area (Å²) >= 11 is 6.08. The Balaban J connectivity index is 0.000000679. The van der Waals surface area contributed by atoms with Gasteiger partial charge in [-0.1, -0.05) is 30.2 Å². The number of halogens is 7. The molecule has 5 aromatic rings. The first kappa shape index (κ1) is 37.2. The first-order valence-corrected chi connectivity index (χ1v) is 15.3. The van der Waals surface area contributed by atoms with Crippen LogP contribution in [0, 0.1) is 23.1 Å². The summed E-state index contributed by atoms with van der Waals surface area (Å²) in [5, 5.41) is 30.1. The number of benzene rings is 1. The summed E-state index contributed by atoms with van der Waals surface area (Å²) in [6, 6.07) is 8.12. The number of carbonyl (C=O) groups excluding carboxylic acids is 1. The second-order valence-corrected chi connectivity index (χ2v) is 11.6. The second kappa shape index (κ2) is 15.0. The standard InChI is InChI=1S/C29H22ClF3N10O2.C2HF3O2/c1-15-3-2-4-22(19-9-16(7-8-35-19)27-21(38-28(15)45)12-37-43(27)29(32)33)41-14-36-20(10-24(41)44)25-23(6-5-18(30)26(25)31)42-13-17(11-34)39-40-42;3-2(4,5)1(6)7/h5-10,12-15,22,29H,2-4H2,1H3,(H,38,45);(H,6,7)/t15-,22+;/m1./s1. The third-order valence-electron chi connectivity index (χ3n) is 7.79. The Bertz CT molecular complexity index is 2250. The Kier molecular flexibility index (Phi) is 10.7. The number of carboxylic acid groups (broad SMARTS) is 1. The van der Waals surface area contributed by atoms with Crippen LogP contribution in [0.1, 0.15) is 50.2 Å². The maximum atomic E-state index is 15.4. The van der Waals surface area contributed by atoms with E-state index in [1.54, 1.807) is 13.0 Å². The normalized spacial score (nSPS) is 16.0. The number of carboxylic acids is 1. The largest absolute Gasteiger partial charge is 0.490 e. The van der Waals surface area contributed by atoms with Crippen molar-refractivity contribution in [2.24, 2.45) is 5.92 Å². The Hall–Kier alpha value is -6.10. The highest BCUT2D eigenvalue weighted by Crippen LogP contribution is 2.36. The number of fused-ring (bicyclic) bond motifs is 4. The summed E-state index contributed by atoms with van der Waals surface area (Å²) < 4.78 is 78.0. The van der Waals surface area contributed by atoms with Crippen LogP contribution in [0.2, 0.25) is 5.02 Å². The summed E-state index contributed by atoms with van der Waals surface area (Å²) in [5.41, 5.74) is 0.205. The number of pyridine rings is 1. The number of nitriles is 1. The highest BCUT2D eigenvalue weighted by atomic mass is 35.5. The van der Waals surface area contributed by atoms with Gasteiger partial charge in [-0.05, 0) is 37.1 Å². The number of rotatable bonds is 4. The van der Waals surface area contributed by atoms with Gasteiger partial charge in [0.15, 0.2) is 11.5 Å². The number of anilines is 1. The number of amides is 1. The Morgan fingerprint density at radius 1 is 1.15 bits per heavy atom. The number of carbonyl (C=O) groups is 2. The fraction of sp³-hybridized carbons (Fsp3) is 0.258. The van der Waals surface area contributed by atoms with E-state index in [1.807, 2.05) is 6.07 Å². The molecule has 1 aliphatic heterocycles. The van der Waals surface area contributed by atoms with Gasteiger partial charge < -0.3 is 10.4 Å². The molecule has 2 N–H and O–H groups in total. The molecule has 14 nitrogen and oxygen atoms in total. The molecule has 21 heteroatoms. The number of aromatic nitrogens is 8. The Morgan fingerprint density at radius 2 is 1.88 bits per heavy atom. The molecule has 4 aromatic heterocycles. The van der Waals surface area contributed by atoms with E-state index in [1.165, 1.54) is 52.4 Å². The number of nitrogens with zero attached hydrogens (tertiary/aromatic N) is 9. The number of hydrogen-bond donors (Lipinski definition) is 2. The van der Waals surface area contributed by atoms with Gasteiger partial charge in [-0.2, -0.15) is 32.3 Å². The van der Waals surface area contributed by atoms with Crippen LogP contribution in [0.3, 0.4) is 0 Å². The molecule has 270 valence electrons. The number of nitrogens with one attached hydrogen (secondary N) is 1. The highest BCUT2D eigenvalue weighted by Gasteiger charge is 2.38. The summed E-state index contributed by atoms with van der Waals surface area (Å²) in [5.74, 6) is -4.44. The molecule has 1 aliphatic rings. The molecule has 1 amide bonds. The van der Waals surface area contributed by atoms with Gasteiger partial charge in [-0.25, -0.2) is 23.5 Å². The van der Waals surface area contributed by atoms with Gasteiger partial charge in [-0.15, -0.1) is 5.10 Å². The van der Waals surface area contributed by atoms with E-state index in [9.17, 15) is 31.5 Å². The zero-order chi connectivity index (χ0) is 37.9. The molecule has 6 rings (SSSR count). The molecule has 0 unspecified atom stereocenters. The van der Waals surface area contributed by atoms with Crippen molar-refractivity contribution in [2.75, 3.05) is 5.32 Å². The maximum Gasteiger partial charge on any atom is 0.490 e. The number of aliphatic carboxylic acids is 1. The average molecular weight is 749 g/mol. The molecule has 0 saturated heterocycles. The molecule has 0 aliphatic carbocycles. The molecule has 2 atom stereocenters. The van der Waals surface area contributed by atoms with Crippen LogP contribution in [0.25, 0.3) is 28.2 Å². The van der Waals surface area contributed by atoms with Crippen LogP contribution < -0.4 is 10.9 Å². The van der Waals surface area contributed by atoms with E-state index in [-0.39, 0.29) is 44.9 Å². The van der Waals surface area contributed by atoms with Crippen molar-refractivity contribution in [3.8, 4) is 34.3 Å². The lowest BCUT2D eigenvalue weighted by molar-refractivity contribution is -0.192. The first-order valence-electron chi connectivity index (χ1n) is 14.9. The summed E-state index contributed by atoms with van der Waals surface area (Å²) in [4.78, 5) is 44.3. The minimum atomic E-state index is -5.08. The smallest absolute Gasteiger partial charge is 0.475 e. The van der Waals surface area contributed by atoms with Crippen LogP contribution in [0.5, 0.6) is 0 Å². The van der Waals surface area contributed by atoms with E-state index in [4.69, 9.17) is 26.8 Å². The van der Waals surface area contributed by atoms with Crippen molar-refractivity contribution in [1.82, 2.24) is 39.3 Å². The summed E-state index contributed by atoms with van der Waals surface area (Å²) in [6.45, 7) is -1.26. The highest BCUT2D eigenvalue weighted by molar-refractivity contribution is 6.31. The van der Waals surface area contributed by atoms with Gasteiger partial charge in [-0.3, -0.25) is 19.1 Å². The maximum absolute atomic E-state index is 15.4. The third kappa shape index (κ3) is 7.78. The summed E-state index contributed by atoms with van der Waals surface area (Å²) in [7, 11) is 0. The zero-order valence-corrected chi connectivity index (χ0v) is 27.1. The van der Waals surface area contributed by atoms with Gasteiger partial charge in [0.25, 0.3) is 5.56 Å². The molecular formula is C31H23ClF6N10O4. The van der Waals surface area contributed by atoms with E-state index in [0.717, 1.165) is 6.07 Å². The lowest BCUT2D eigenvalue weighted by Gasteiger charge is -2.22. The van der Waals surface area contributed by atoms with Crippen LogP contribution in [0.4, 0.5) is 32.0 Å². The minimum absolute atomic E-state index is 0.00700. The van der Waals surface area contributed by atoms with Crippen molar-refractivity contribution in [3.63, 3.8) is 0 Å². The Morgan fingerprint density at radius 3 is 2.52 bits per heavy atom. The lowest BCUT2D eigenvalue weighted by atomic mass is 9.97. The third-order valence-corrected chi connectivity index (χ3v) is 8.09. The van der Waals surface area contributed by atoms with Gasteiger partial charge in [0.2, 0.25) is 5.91 Å². The van der Waals surface area contributed by atoms with Crippen molar-refractivity contribution in [1.29, 1.82) is 5.26 Å². The quantitative estimate of drug-likeness (QED) is 0.213. The monoisotopic (exact) mass is 748 g/mol. The Labute approximate surface area is 292 Å². The lowest BCUT2D eigenvalue weighted by Crippen LogP contribution is -2.27. The minimum Gasteiger partial charge on any atom is -0.475 e. The van der Waals surface area contributed by atoms with E-state index < -0.39 is 42.0 Å². The van der Waals surface area contributed by atoms with Gasteiger partial charge in [0.1, 0.15) is 6.07 Å². The molecule has 0 spiro atoms. The average Bonchev–Trinajstić information content (AvgIpc) is 3.75. The van der Waals surface area contributed by atoms with Crippen LogP contribution >= 0.6 is 11.6 Å². The van der Waals surface area contributed by atoms with Crippen LogP contribution in [-0.4, -0.2) is 62.5 Å². The summed E-state index contributed by atoms with van der Waals surface area (Å²) in [6.07, 6.45) is 1.34. The number of hydrogen-bond acceptors (Lipinski definition) is 9. The molecule has 0 saturated carbocycles. The van der Waals surface area contributed by atoms with Gasteiger partial charge >= 0.3 is 18.7 Å². The fourth-order valence-electron chi connectivity index (χ4n) is 5.29. The van der Waals surface area contributed by atoms with Crippen molar-refractivity contribution in [2.45, 2.75) is 45.0 Å². The van der Waals surface area contributed by atoms with E-state index in [2.05, 4.69) is 30.7 Å². The fourth-order valence-corrected chi connectivity index (χ4v) is 5.45. The second-order valence-electron chi connectivity index (χ2n) is 11.2. The molecule has 0 radical (unpaired) electrons. The SMILES string of the molecule is C[C@@H]1CCC[C@H](n2cnc(-c3c(-n4cc(C#N)nn4)ccc(Cl)c3F)cc2=O)c2cc(ccn2)-c2c(cnn2C(F)F)NC1=O.O=C(O)C(F)(F)F. The van der Waals surface area contributed by atoms with Gasteiger partial charge in [0, 0.05) is 23.7 Å². The molecular weight excluding hydrogens is 726 g/mol. The van der Waals surface area contributed by atoms with Crippen LogP contribution in [-0.2, 0) is 9.59 Å². The van der Waals surface area contributed by atoms with Gasteiger partial charge in [0.05, 0.1) is 63.8 Å². The van der Waals surface area contributed by atoms with Crippen molar-refractivity contribution in [3.05, 3.63) is 87.8 Å². The van der Waals surface area contributed by atoms with Crippen LogP contribution in [0.15, 0.2) is 60.0 Å². The molecule has 52 heavy (non-hydrogen) atoms.